The molecule has 1 rings (SSSR count). The molecule has 0 radical (unpaired) electrons. The molecule has 0 bridgehead atoms. The number of rotatable bonds is 5. The van der Waals surface area contributed by atoms with Gasteiger partial charge in [-0.05, 0) is 12.5 Å². The SMILES string of the molecule is CN(CCCC(=O)O)C(=O)c1cccc(=O)[nH]1. The number of carboxylic acid groups (broad SMARTS) is 1. The fourth-order valence-electron chi connectivity index (χ4n) is 1.35. The van der Waals surface area contributed by atoms with Gasteiger partial charge in [0.25, 0.3) is 5.91 Å². The minimum Gasteiger partial charge on any atom is -0.481 e. The molecule has 0 aliphatic rings. The predicted molar refractivity (Wildman–Crippen MR) is 60.9 cm³/mol. The lowest BCUT2D eigenvalue weighted by atomic mass is 10.2. The van der Waals surface area contributed by atoms with E-state index in [9.17, 15) is 14.4 Å². The van der Waals surface area contributed by atoms with Gasteiger partial charge >= 0.3 is 5.97 Å². The van der Waals surface area contributed by atoms with Crippen molar-refractivity contribution in [1.29, 1.82) is 0 Å². The first kappa shape index (κ1) is 13.0. The van der Waals surface area contributed by atoms with E-state index in [-0.39, 0.29) is 23.6 Å². The molecular formula is C11H14N2O4. The first-order valence-electron chi connectivity index (χ1n) is 5.17. The first-order chi connectivity index (χ1) is 8.00. The van der Waals surface area contributed by atoms with Gasteiger partial charge in [-0.25, -0.2) is 0 Å². The van der Waals surface area contributed by atoms with Crippen LogP contribution in [0.5, 0.6) is 0 Å². The van der Waals surface area contributed by atoms with Crippen molar-refractivity contribution in [2.75, 3.05) is 13.6 Å². The average Bonchev–Trinajstić information content (AvgIpc) is 2.27. The standard InChI is InChI=1S/C11H14N2O4/c1-13(7-3-6-10(15)16)11(17)8-4-2-5-9(14)12-8/h2,4-5H,3,6-7H2,1H3,(H,12,14)(H,15,16). The molecule has 0 unspecified atom stereocenters. The second-order valence-electron chi connectivity index (χ2n) is 3.65. The molecule has 0 aliphatic heterocycles. The van der Waals surface area contributed by atoms with Gasteiger partial charge in [0.15, 0.2) is 0 Å². The molecule has 0 fully saturated rings. The molecule has 2 N–H and O–H groups in total. The summed E-state index contributed by atoms with van der Waals surface area (Å²) >= 11 is 0. The Morgan fingerprint density at radius 2 is 2.12 bits per heavy atom. The third-order valence-corrected chi connectivity index (χ3v) is 2.23. The van der Waals surface area contributed by atoms with Crippen LogP contribution in [0.1, 0.15) is 23.3 Å². The number of hydrogen-bond acceptors (Lipinski definition) is 3. The number of H-pyrrole nitrogens is 1. The van der Waals surface area contributed by atoms with Crippen molar-refractivity contribution in [2.45, 2.75) is 12.8 Å². The Kier molecular flexibility index (Phi) is 4.45. The summed E-state index contributed by atoms with van der Waals surface area (Å²) in [6.07, 6.45) is 0.400. The van der Waals surface area contributed by atoms with E-state index < -0.39 is 5.97 Å². The molecule has 1 aromatic heterocycles. The number of aromatic nitrogens is 1. The number of nitrogens with one attached hydrogen (secondary N) is 1. The summed E-state index contributed by atoms with van der Waals surface area (Å²) < 4.78 is 0. The second-order valence-corrected chi connectivity index (χ2v) is 3.65. The van der Waals surface area contributed by atoms with Gasteiger partial charge < -0.3 is 15.0 Å². The molecule has 92 valence electrons. The quantitative estimate of drug-likeness (QED) is 0.772. The van der Waals surface area contributed by atoms with Gasteiger partial charge in [0, 0.05) is 26.1 Å². The zero-order chi connectivity index (χ0) is 12.8. The Morgan fingerprint density at radius 1 is 1.41 bits per heavy atom. The molecule has 1 heterocycles. The Hall–Kier alpha value is -2.11. The molecule has 0 saturated heterocycles. The van der Waals surface area contributed by atoms with Crippen LogP contribution in [0.3, 0.4) is 0 Å². The third kappa shape index (κ3) is 4.10. The van der Waals surface area contributed by atoms with Crippen molar-refractivity contribution >= 4 is 11.9 Å². The molecule has 0 atom stereocenters. The van der Waals surface area contributed by atoms with E-state index in [1.54, 1.807) is 7.05 Å². The largest absolute Gasteiger partial charge is 0.481 e. The van der Waals surface area contributed by atoms with Crippen molar-refractivity contribution in [2.24, 2.45) is 0 Å². The summed E-state index contributed by atoms with van der Waals surface area (Å²) in [5.74, 6) is -1.22. The van der Waals surface area contributed by atoms with Crippen molar-refractivity contribution in [1.82, 2.24) is 9.88 Å². The van der Waals surface area contributed by atoms with Crippen LogP contribution in [-0.2, 0) is 4.79 Å². The number of aliphatic carboxylic acids is 1. The normalized spacial score (nSPS) is 9.94. The van der Waals surface area contributed by atoms with Crippen LogP contribution in [0.15, 0.2) is 23.0 Å². The second kappa shape index (κ2) is 5.83. The number of carbonyl (C=O) groups excluding carboxylic acids is 1. The summed E-state index contributed by atoms with van der Waals surface area (Å²) in [5, 5.41) is 8.47. The topological polar surface area (TPSA) is 90.5 Å². The maximum Gasteiger partial charge on any atom is 0.303 e. The maximum absolute atomic E-state index is 11.8. The number of hydrogen-bond donors (Lipinski definition) is 2. The zero-order valence-electron chi connectivity index (χ0n) is 9.47. The van der Waals surface area contributed by atoms with Gasteiger partial charge in [-0.15, -0.1) is 0 Å². The van der Waals surface area contributed by atoms with Gasteiger partial charge in [-0.1, -0.05) is 6.07 Å². The Balaban J connectivity index is 2.58. The molecule has 0 saturated carbocycles. The van der Waals surface area contributed by atoms with E-state index in [0.29, 0.717) is 13.0 Å². The van der Waals surface area contributed by atoms with Crippen molar-refractivity contribution in [3.05, 3.63) is 34.2 Å². The lowest BCUT2D eigenvalue weighted by Crippen LogP contribution is -2.30. The highest BCUT2D eigenvalue weighted by Gasteiger charge is 2.12. The van der Waals surface area contributed by atoms with Gasteiger partial charge in [-0.2, -0.15) is 0 Å². The summed E-state index contributed by atoms with van der Waals surface area (Å²) in [6.45, 7) is 0.335. The highest BCUT2D eigenvalue weighted by molar-refractivity contribution is 5.92. The van der Waals surface area contributed by atoms with Crippen LogP contribution < -0.4 is 5.56 Å². The number of pyridine rings is 1. The van der Waals surface area contributed by atoms with Crippen LogP contribution in [0.25, 0.3) is 0 Å². The smallest absolute Gasteiger partial charge is 0.303 e. The third-order valence-electron chi connectivity index (χ3n) is 2.23. The Morgan fingerprint density at radius 3 is 2.71 bits per heavy atom. The van der Waals surface area contributed by atoms with Crippen LogP contribution in [-0.4, -0.2) is 40.5 Å². The molecule has 17 heavy (non-hydrogen) atoms. The van der Waals surface area contributed by atoms with Gasteiger partial charge in [0.05, 0.1) is 0 Å². The fraction of sp³-hybridized carbons (Fsp3) is 0.364. The molecule has 0 spiro atoms. The molecule has 1 aromatic rings. The van der Waals surface area contributed by atoms with E-state index in [0.717, 1.165) is 0 Å². The Labute approximate surface area is 97.9 Å². The maximum atomic E-state index is 11.8. The molecule has 0 aliphatic carbocycles. The molecule has 0 aromatic carbocycles. The van der Waals surface area contributed by atoms with E-state index in [1.807, 2.05) is 0 Å². The number of carboxylic acids is 1. The molecule has 1 amide bonds. The summed E-state index contributed by atoms with van der Waals surface area (Å²) in [6, 6.07) is 4.33. The van der Waals surface area contributed by atoms with Crippen molar-refractivity contribution in [3.8, 4) is 0 Å². The van der Waals surface area contributed by atoms with E-state index in [4.69, 9.17) is 5.11 Å². The minimum atomic E-state index is -0.890. The van der Waals surface area contributed by atoms with E-state index >= 15 is 0 Å². The van der Waals surface area contributed by atoms with Crippen LogP contribution in [0.2, 0.25) is 0 Å². The number of amides is 1. The lowest BCUT2D eigenvalue weighted by molar-refractivity contribution is -0.137. The molecular weight excluding hydrogens is 224 g/mol. The van der Waals surface area contributed by atoms with Crippen molar-refractivity contribution < 1.29 is 14.7 Å². The lowest BCUT2D eigenvalue weighted by Gasteiger charge is -2.16. The summed E-state index contributed by atoms with van der Waals surface area (Å²) in [7, 11) is 1.56. The van der Waals surface area contributed by atoms with Crippen LogP contribution >= 0.6 is 0 Å². The average molecular weight is 238 g/mol. The monoisotopic (exact) mass is 238 g/mol. The number of carbonyl (C=O) groups is 2. The van der Waals surface area contributed by atoms with Gasteiger partial charge in [0.2, 0.25) is 5.56 Å². The van der Waals surface area contributed by atoms with Crippen LogP contribution in [0.4, 0.5) is 0 Å². The highest BCUT2D eigenvalue weighted by atomic mass is 16.4. The first-order valence-corrected chi connectivity index (χ1v) is 5.17. The number of nitrogens with zero attached hydrogens (tertiary/aromatic N) is 1. The minimum absolute atomic E-state index is 0.0168. The fourth-order valence-corrected chi connectivity index (χ4v) is 1.35. The highest BCUT2D eigenvalue weighted by Crippen LogP contribution is 2.00. The zero-order valence-corrected chi connectivity index (χ0v) is 9.47. The number of aromatic amines is 1. The Bertz CT molecular complexity index is 467. The summed E-state index contributed by atoms with van der Waals surface area (Å²) in [5.41, 5.74) is -0.134. The van der Waals surface area contributed by atoms with Gasteiger partial charge in [0.1, 0.15) is 5.69 Å². The summed E-state index contributed by atoms with van der Waals surface area (Å²) in [4.78, 5) is 36.9. The van der Waals surface area contributed by atoms with E-state index in [2.05, 4.69) is 4.98 Å². The molecule has 6 heteroatoms. The molecule has 6 nitrogen and oxygen atoms in total. The predicted octanol–water partition coefficient (Wildman–Crippen LogP) is 0.312. The van der Waals surface area contributed by atoms with E-state index in [1.165, 1.54) is 23.1 Å². The van der Waals surface area contributed by atoms with Gasteiger partial charge in [-0.3, -0.25) is 14.4 Å². The van der Waals surface area contributed by atoms with Crippen LogP contribution in [0, 0.1) is 0 Å². The van der Waals surface area contributed by atoms with Crippen molar-refractivity contribution in [3.63, 3.8) is 0 Å².